The zero-order valence-corrected chi connectivity index (χ0v) is 20.9. The van der Waals surface area contributed by atoms with Crippen LogP contribution in [0.4, 0.5) is 14.5 Å². The van der Waals surface area contributed by atoms with E-state index < -0.39 is 44.0 Å². The number of fused-ring (bicyclic) bond motifs is 2. The summed E-state index contributed by atoms with van der Waals surface area (Å²) in [6.45, 7) is 4.17. The van der Waals surface area contributed by atoms with Gasteiger partial charge in [0.25, 0.3) is 5.91 Å². The molecule has 5 rings (SSSR count). The zero-order chi connectivity index (χ0) is 25.2. The minimum absolute atomic E-state index is 0.0376. The fraction of sp³-hybridized carbons (Fsp3) is 0.480. The van der Waals surface area contributed by atoms with Crippen LogP contribution in [-0.2, 0) is 19.3 Å². The summed E-state index contributed by atoms with van der Waals surface area (Å²) in [7, 11) is -3.86. The molecule has 0 radical (unpaired) electrons. The second-order valence-electron chi connectivity index (χ2n) is 10.2. The number of benzene rings is 2. The lowest BCUT2D eigenvalue weighted by atomic mass is 9.77. The van der Waals surface area contributed by atoms with Gasteiger partial charge in [-0.05, 0) is 81.7 Å². The van der Waals surface area contributed by atoms with Gasteiger partial charge < -0.3 is 14.8 Å². The van der Waals surface area contributed by atoms with Crippen molar-refractivity contribution < 1.29 is 31.5 Å². The first-order valence-corrected chi connectivity index (χ1v) is 13.5. The third-order valence-electron chi connectivity index (χ3n) is 7.29. The number of nitrogens with one attached hydrogen (secondary N) is 1. The molecule has 2 aliphatic carbocycles. The Balaban J connectivity index is 1.40. The fourth-order valence-corrected chi connectivity index (χ4v) is 8.84. The van der Waals surface area contributed by atoms with E-state index >= 15 is 0 Å². The van der Waals surface area contributed by atoms with Gasteiger partial charge in [-0.1, -0.05) is 11.6 Å². The minimum atomic E-state index is -3.86. The van der Waals surface area contributed by atoms with Gasteiger partial charge in [-0.25, -0.2) is 17.2 Å². The maximum Gasteiger partial charge on any atom is 0.255 e. The largest absolute Gasteiger partial charge is 0.347 e. The second-order valence-corrected chi connectivity index (χ2v) is 12.7. The first-order valence-electron chi connectivity index (χ1n) is 11.5. The maximum atomic E-state index is 13.8. The van der Waals surface area contributed by atoms with Crippen LogP contribution in [0.1, 0.15) is 49.9 Å². The predicted molar refractivity (Wildman–Crippen MR) is 126 cm³/mol. The van der Waals surface area contributed by atoms with Gasteiger partial charge in [0.15, 0.2) is 27.3 Å². The molecule has 2 aromatic rings. The van der Waals surface area contributed by atoms with Crippen LogP contribution in [0.25, 0.3) is 0 Å². The van der Waals surface area contributed by atoms with Crippen molar-refractivity contribution in [2.45, 2.75) is 61.1 Å². The highest BCUT2D eigenvalue weighted by molar-refractivity contribution is 7.92. The molecule has 35 heavy (non-hydrogen) atoms. The minimum Gasteiger partial charge on any atom is -0.347 e. The van der Waals surface area contributed by atoms with E-state index in [0.29, 0.717) is 19.4 Å². The molecule has 1 heterocycles. The molecule has 2 atom stereocenters. The molecule has 2 unspecified atom stereocenters. The van der Waals surface area contributed by atoms with E-state index in [-0.39, 0.29) is 33.0 Å². The normalized spacial score (nSPS) is 29.5. The van der Waals surface area contributed by atoms with Crippen LogP contribution in [-0.4, -0.2) is 37.6 Å². The lowest BCUT2D eigenvalue weighted by Gasteiger charge is -2.41. The molecule has 3 aliphatic rings. The summed E-state index contributed by atoms with van der Waals surface area (Å²) in [5.74, 6) is -3.70. The summed E-state index contributed by atoms with van der Waals surface area (Å²) < 4.78 is 66.4. The number of hydrogen-bond donors (Lipinski definition) is 1. The van der Waals surface area contributed by atoms with Gasteiger partial charge in [0, 0.05) is 17.3 Å². The van der Waals surface area contributed by atoms with E-state index in [4.69, 9.17) is 21.1 Å². The third kappa shape index (κ3) is 4.48. The van der Waals surface area contributed by atoms with Gasteiger partial charge in [0.1, 0.15) is 0 Å². The maximum absolute atomic E-state index is 13.8. The molecular formula is C25H26ClF2NO5S. The molecule has 1 saturated heterocycles. The molecule has 1 aliphatic heterocycles. The van der Waals surface area contributed by atoms with Crippen LogP contribution >= 0.6 is 11.6 Å². The summed E-state index contributed by atoms with van der Waals surface area (Å²) in [4.78, 5) is 12.7. The Kier molecular flexibility index (Phi) is 5.98. The van der Waals surface area contributed by atoms with Crippen molar-refractivity contribution in [2.75, 3.05) is 11.9 Å². The molecule has 3 fully saturated rings. The van der Waals surface area contributed by atoms with Gasteiger partial charge >= 0.3 is 0 Å². The predicted octanol–water partition coefficient (Wildman–Crippen LogP) is 5.35. The molecule has 6 nitrogen and oxygen atoms in total. The van der Waals surface area contributed by atoms with Crippen LogP contribution in [0.5, 0.6) is 0 Å². The highest BCUT2D eigenvalue weighted by Crippen LogP contribution is 2.55. The summed E-state index contributed by atoms with van der Waals surface area (Å²) in [5, 5.41) is 1.88. The van der Waals surface area contributed by atoms with Crippen molar-refractivity contribution in [1.29, 1.82) is 0 Å². The number of hydrogen-bond acceptors (Lipinski definition) is 5. The first kappa shape index (κ1) is 24.6. The molecular weight excluding hydrogens is 500 g/mol. The van der Waals surface area contributed by atoms with Crippen LogP contribution < -0.4 is 5.32 Å². The average Bonchev–Trinajstić information content (AvgIpc) is 3.24. The molecule has 188 valence electrons. The number of anilines is 1. The number of carbonyl (C=O) groups excluding carboxylic acids is 1. The van der Waals surface area contributed by atoms with Crippen molar-refractivity contribution in [2.24, 2.45) is 11.8 Å². The molecule has 1 spiro atoms. The smallest absolute Gasteiger partial charge is 0.255 e. The van der Waals surface area contributed by atoms with E-state index in [9.17, 15) is 22.0 Å². The summed E-state index contributed by atoms with van der Waals surface area (Å²) in [5.41, 5.74) is -0.380. The second kappa shape index (κ2) is 8.50. The highest BCUT2D eigenvalue weighted by atomic mass is 35.5. The van der Waals surface area contributed by atoms with E-state index in [0.717, 1.165) is 25.0 Å². The number of carbonyl (C=O) groups is 1. The molecule has 2 aromatic carbocycles. The van der Waals surface area contributed by atoms with E-state index in [1.165, 1.54) is 24.3 Å². The zero-order valence-electron chi connectivity index (χ0n) is 19.3. The van der Waals surface area contributed by atoms with Crippen LogP contribution in [0, 0.1) is 23.5 Å². The lowest BCUT2D eigenvalue weighted by molar-refractivity contribution is -0.171. The number of ether oxygens (including phenoxy) is 2. The quantitative estimate of drug-likeness (QED) is 0.581. The third-order valence-corrected chi connectivity index (χ3v) is 10.2. The Labute approximate surface area is 207 Å². The Morgan fingerprint density at radius 2 is 1.74 bits per heavy atom. The Morgan fingerprint density at radius 3 is 2.34 bits per heavy atom. The average molecular weight is 526 g/mol. The standard InChI is InChI=1S/C25H26ClF2NO5S/c1-24(2)33-13-25(34-24)11-15-3-4-16(12-25)22(15)35(31,32)21-9-14(5-7-18(21)26)23(30)29-17-6-8-19(27)20(28)10-17/h5-10,15-16,22H,3-4,11-13H2,1-2H3,(H,29,30)/t15?,16?,22-,25-. The van der Waals surface area contributed by atoms with E-state index in [1.807, 2.05) is 13.8 Å². The molecule has 2 saturated carbocycles. The SMILES string of the molecule is CC1(C)OC[C@]2(CC3CCC(C2)[C@@H]3S(=O)(=O)c2cc(C(=O)Nc3ccc(F)c(F)c3)ccc2Cl)O1. The summed E-state index contributed by atoms with van der Waals surface area (Å²) in [6, 6.07) is 7.00. The van der Waals surface area contributed by atoms with Crippen LogP contribution in [0.3, 0.4) is 0 Å². The number of amides is 1. The van der Waals surface area contributed by atoms with Gasteiger partial charge in [-0.3, -0.25) is 4.79 Å². The van der Waals surface area contributed by atoms with E-state index in [2.05, 4.69) is 5.32 Å². The fourth-order valence-electron chi connectivity index (χ4n) is 6.00. The number of halogens is 3. The number of sulfone groups is 1. The topological polar surface area (TPSA) is 81.7 Å². The molecule has 1 N–H and O–H groups in total. The van der Waals surface area contributed by atoms with Crippen molar-refractivity contribution in [3.8, 4) is 0 Å². The Hall–Kier alpha value is -2.07. The summed E-state index contributed by atoms with van der Waals surface area (Å²) in [6.07, 6.45) is 2.72. The molecule has 1 amide bonds. The van der Waals surface area contributed by atoms with Crippen molar-refractivity contribution in [3.05, 3.63) is 58.6 Å². The van der Waals surface area contributed by atoms with Gasteiger partial charge in [0.05, 0.1) is 27.4 Å². The molecule has 2 bridgehead atoms. The monoisotopic (exact) mass is 525 g/mol. The molecule has 0 aromatic heterocycles. The van der Waals surface area contributed by atoms with Crippen molar-refractivity contribution in [1.82, 2.24) is 0 Å². The van der Waals surface area contributed by atoms with Crippen LogP contribution in [0.2, 0.25) is 5.02 Å². The highest BCUT2D eigenvalue weighted by Gasteiger charge is 2.58. The van der Waals surface area contributed by atoms with Gasteiger partial charge in [-0.15, -0.1) is 0 Å². The van der Waals surface area contributed by atoms with Crippen molar-refractivity contribution in [3.63, 3.8) is 0 Å². The van der Waals surface area contributed by atoms with Crippen molar-refractivity contribution >= 4 is 33.0 Å². The van der Waals surface area contributed by atoms with E-state index in [1.54, 1.807) is 0 Å². The van der Waals surface area contributed by atoms with Gasteiger partial charge in [-0.2, -0.15) is 0 Å². The number of rotatable bonds is 4. The Morgan fingerprint density at radius 1 is 1.06 bits per heavy atom. The van der Waals surface area contributed by atoms with Gasteiger partial charge in [0.2, 0.25) is 0 Å². The summed E-state index contributed by atoms with van der Waals surface area (Å²) >= 11 is 6.33. The molecule has 10 heteroatoms. The first-order chi connectivity index (χ1) is 16.4. The Bertz CT molecular complexity index is 1280. The lowest BCUT2D eigenvalue weighted by Crippen LogP contribution is -2.48. The van der Waals surface area contributed by atoms with Crippen LogP contribution in [0.15, 0.2) is 41.3 Å².